The predicted molar refractivity (Wildman–Crippen MR) is 89.1 cm³/mol. The maximum atomic E-state index is 12.7. The van der Waals surface area contributed by atoms with Crippen LogP contribution >= 0.6 is 11.6 Å². The van der Waals surface area contributed by atoms with Gasteiger partial charge in [-0.2, -0.15) is 0 Å². The van der Waals surface area contributed by atoms with Crippen molar-refractivity contribution in [1.29, 1.82) is 0 Å². The Morgan fingerprint density at radius 1 is 1.14 bits per heavy atom. The van der Waals surface area contributed by atoms with E-state index in [0.29, 0.717) is 5.02 Å². The second kappa shape index (κ2) is 6.84. The molecule has 0 saturated carbocycles. The third kappa shape index (κ3) is 3.80. The fourth-order valence-electron chi connectivity index (χ4n) is 1.92. The van der Waals surface area contributed by atoms with E-state index in [9.17, 15) is 8.42 Å². The molecule has 0 unspecified atom stereocenters. The lowest BCUT2D eigenvalue weighted by molar-refractivity contribution is 0.496. The van der Waals surface area contributed by atoms with Crippen LogP contribution in [-0.4, -0.2) is 12.7 Å². The lowest BCUT2D eigenvalue weighted by Crippen LogP contribution is -2.25. The number of sulfonamides is 1. The molecule has 114 valence electrons. The summed E-state index contributed by atoms with van der Waals surface area (Å²) in [5.41, 5.74) is 4.36. The van der Waals surface area contributed by atoms with Gasteiger partial charge in [0.15, 0.2) is 0 Å². The predicted octanol–water partition coefficient (Wildman–Crippen LogP) is 4.14. The molecule has 0 aromatic heterocycles. The summed E-state index contributed by atoms with van der Waals surface area (Å²) in [6, 6.07) is 13.8. The topological polar surface area (TPSA) is 37.4 Å². The smallest absolute Gasteiger partial charge is 0.261 e. The van der Waals surface area contributed by atoms with Gasteiger partial charge < -0.3 is 0 Å². The quantitative estimate of drug-likeness (QED) is 0.771. The highest BCUT2D eigenvalue weighted by Gasteiger charge is 2.21. The average Bonchev–Trinajstić information content (AvgIpc) is 2.49. The average molecular weight is 334 g/mol. The molecule has 3 nitrogen and oxygen atoms in total. The molecule has 0 saturated heterocycles. The van der Waals surface area contributed by atoms with Crippen LogP contribution in [0.4, 0.5) is 0 Å². The highest BCUT2D eigenvalue weighted by atomic mass is 35.5. The zero-order valence-corrected chi connectivity index (χ0v) is 13.7. The third-order valence-corrected chi connectivity index (χ3v) is 5.09. The number of benzene rings is 2. The lowest BCUT2D eigenvalue weighted by atomic mass is 10.2. The molecule has 0 N–H and O–H groups in total. The van der Waals surface area contributed by atoms with Crippen molar-refractivity contribution < 1.29 is 8.42 Å². The Kier molecular flexibility index (Phi) is 5.09. The van der Waals surface area contributed by atoms with Crippen LogP contribution in [0.15, 0.2) is 71.9 Å². The number of hydrogen-bond donors (Lipinski definition) is 0. The van der Waals surface area contributed by atoms with E-state index < -0.39 is 10.0 Å². The van der Waals surface area contributed by atoms with Crippen LogP contribution in [0, 0.1) is 6.92 Å². The second-order valence-electron chi connectivity index (χ2n) is 4.82. The van der Waals surface area contributed by atoms with Crippen molar-refractivity contribution in [3.63, 3.8) is 0 Å². The van der Waals surface area contributed by atoms with Crippen LogP contribution in [0.5, 0.6) is 0 Å². The fraction of sp³-hybridized carbons (Fsp3) is 0.118. The molecular weight excluding hydrogens is 318 g/mol. The summed E-state index contributed by atoms with van der Waals surface area (Å²) in [6.45, 7) is 5.57. The van der Waals surface area contributed by atoms with Gasteiger partial charge in [-0.1, -0.05) is 48.0 Å². The molecule has 0 aliphatic heterocycles. The van der Waals surface area contributed by atoms with Crippen LogP contribution in [0.2, 0.25) is 5.02 Å². The van der Waals surface area contributed by atoms with Crippen LogP contribution in [0.1, 0.15) is 11.1 Å². The monoisotopic (exact) mass is 333 g/mol. The summed E-state index contributed by atoms with van der Waals surface area (Å²) in [6.07, 6.45) is 1.34. The van der Waals surface area contributed by atoms with E-state index in [1.165, 1.54) is 10.5 Å². The first-order chi connectivity index (χ1) is 10.4. The van der Waals surface area contributed by atoms with E-state index in [2.05, 4.69) is 12.3 Å². The summed E-state index contributed by atoms with van der Waals surface area (Å²) in [7, 11) is -3.65. The molecule has 22 heavy (non-hydrogen) atoms. The number of nitrogens with zero attached hydrogens (tertiary/aromatic N) is 1. The summed E-state index contributed by atoms with van der Waals surface area (Å²) in [4.78, 5) is 0.235. The molecule has 0 radical (unpaired) electrons. The molecule has 0 spiro atoms. The van der Waals surface area contributed by atoms with Crippen molar-refractivity contribution in [2.24, 2.45) is 0 Å². The molecule has 0 fully saturated rings. The molecule has 0 amide bonds. The van der Waals surface area contributed by atoms with E-state index >= 15 is 0 Å². The largest absolute Gasteiger partial charge is 0.264 e. The molecule has 2 aromatic rings. The number of rotatable bonds is 5. The van der Waals surface area contributed by atoms with Gasteiger partial charge in [-0.05, 0) is 36.8 Å². The Balaban J connectivity index is 2.36. The van der Waals surface area contributed by atoms with Gasteiger partial charge in [-0.15, -0.1) is 5.73 Å². The zero-order valence-electron chi connectivity index (χ0n) is 12.2. The van der Waals surface area contributed by atoms with Crippen molar-refractivity contribution in [2.75, 3.05) is 0 Å². The van der Waals surface area contributed by atoms with Gasteiger partial charge in [0, 0.05) is 5.02 Å². The molecule has 0 heterocycles. The summed E-state index contributed by atoms with van der Waals surface area (Å²) in [5, 5.41) is 0.607. The van der Waals surface area contributed by atoms with Crippen molar-refractivity contribution >= 4 is 21.6 Å². The van der Waals surface area contributed by atoms with Gasteiger partial charge in [-0.3, -0.25) is 4.31 Å². The van der Waals surface area contributed by atoms with Crippen molar-refractivity contribution in [3.8, 4) is 0 Å². The summed E-state index contributed by atoms with van der Waals surface area (Å²) in [5.74, 6) is 0. The molecule has 0 bridgehead atoms. The zero-order chi connectivity index (χ0) is 16.2. The Morgan fingerprint density at radius 2 is 1.73 bits per heavy atom. The first-order valence-electron chi connectivity index (χ1n) is 6.62. The molecular formula is C17H16ClNO2S. The van der Waals surface area contributed by atoms with Crippen LogP contribution in [-0.2, 0) is 16.6 Å². The van der Waals surface area contributed by atoms with Gasteiger partial charge in [-0.25, -0.2) is 8.42 Å². The molecule has 2 aromatic carbocycles. The van der Waals surface area contributed by atoms with Gasteiger partial charge in [0.25, 0.3) is 10.0 Å². The van der Waals surface area contributed by atoms with Gasteiger partial charge >= 0.3 is 0 Å². The minimum absolute atomic E-state index is 0.190. The normalized spacial score (nSPS) is 10.8. The van der Waals surface area contributed by atoms with Gasteiger partial charge in [0.05, 0.1) is 17.6 Å². The molecule has 0 aliphatic carbocycles. The maximum absolute atomic E-state index is 12.7. The highest BCUT2D eigenvalue weighted by Crippen LogP contribution is 2.20. The van der Waals surface area contributed by atoms with Crippen molar-refractivity contribution in [3.05, 3.63) is 83.2 Å². The van der Waals surface area contributed by atoms with Crippen LogP contribution < -0.4 is 0 Å². The first-order valence-corrected chi connectivity index (χ1v) is 8.44. The summed E-state index contributed by atoms with van der Waals surface area (Å²) >= 11 is 5.85. The minimum atomic E-state index is -3.65. The van der Waals surface area contributed by atoms with E-state index in [1.54, 1.807) is 48.5 Å². The molecule has 5 heteroatoms. The number of aryl methyl sites for hydroxylation is 1. The summed E-state index contributed by atoms with van der Waals surface area (Å²) < 4.78 is 26.6. The molecule has 0 aliphatic rings. The van der Waals surface area contributed by atoms with Crippen molar-refractivity contribution in [2.45, 2.75) is 18.4 Å². The van der Waals surface area contributed by atoms with E-state index in [1.807, 2.05) is 6.92 Å². The van der Waals surface area contributed by atoms with E-state index in [4.69, 9.17) is 11.6 Å². The van der Waals surface area contributed by atoms with Gasteiger partial charge in [0.1, 0.15) is 0 Å². The van der Waals surface area contributed by atoms with Crippen molar-refractivity contribution in [1.82, 2.24) is 4.31 Å². The fourth-order valence-corrected chi connectivity index (χ4v) is 3.33. The van der Waals surface area contributed by atoms with Crippen LogP contribution in [0.3, 0.4) is 0 Å². The number of halogens is 1. The Morgan fingerprint density at radius 3 is 2.27 bits per heavy atom. The standard InChI is InChI=1S/C17H16ClNO2S/c1-3-12-19(13-15-6-8-16(18)9-7-15)22(20,21)17-10-4-14(2)5-11-17/h4-12H,1,13H2,2H3. The Labute approximate surface area is 136 Å². The molecule has 2 rings (SSSR count). The Bertz CT molecular complexity index is 790. The maximum Gasteiger partial charge on any atom is 0.264 e. The van der Waals surface area contributed by atoms with E-state index in [-0.39, 0.29) is 11.4 Å². The van der Waals surface area contributed by atoms with Crippen LogP contribution in [0.25, 0.3) is 0 Å². The van der Waals surface area contributed by atoms with E-state index in [0.717, 1.165) is 11.1 Å². The SMILES string of the molecule is C=C=CN(Cc1ccc(Cl)cc1)S(=O)(=O)c1ccc(C)cc1. The highest BCUT2D eigenvalue weighted by molar-refractivity contribution is 7.89. The first kappa shape index (κ1) is 16.4. The third-order valence-electron chi connectivity index (χ3n) is 3.11. The lowest BCUT2D eigenvalue weighted by Gasteiger charge is -2.20. The number of hydrogen-bond acceptors (Lipinski definition) is 2. The molecule has 0 atom stereocenters. The second-order valence-corrected chi connectivity index (χ2v) is 7.15. The minimum Gasteiger partial charge on any atom is -0.261 e. The Hall–Kier alpha value is -2.00. The van der Waals surface area contributed by atoms with Gasteiger partial charge in [0.2, 0.25) is 0 Å².